The number of aromatic nitrogens is 1. The molecule has 0 saturated carbocycles. The Morgan fingerprint density at radius 1 is 1.30 bits per heavy atom. The lowest BCUT2D eigenvalue weighted by atomic mass is 10.3. The second kappa shape index (κ2) is 6.71. The first-order valence-electron chi connectivity index (χ1n) is 7.58. The number of carbonyl (C=O) groups excluding carboxylic acids is 1. The monoisotopic (exact) mass is 340 g/mol. The molecule has 2 aliphatic rings. The number of pyridine rings is 1. The van der Waals surface area contributed by atoms with Gasteiger partial charge in [0.15, 0.2) is 9.84 Å². The zero-order valence-electron chi connectivity index (χ0n) is 12.7. The van der Waals surface area contributed by atoms with Crippen LogP contribution < -0.4 is 15.5 Å². The molecule has 1 atom stereocenters. The third kappa shape index (κ3) is 4.32. The lowest BCUT2D eigenvalue weighted by molar-refractivity contribution is 0.122. The molecule has 9 heteroatoms. The zero-order valence-corrected chi connectivity index (χ0v) is 13.5. The second-order valence-electron chi connectivity index (χ2n) is 5.70. The Morgan fingerprint density at radius 3 is 2.70 bits per heavy atom. The standard InChI is InChI=1S/C14H20N4O4S/c19-14(17-12-3-8-23(20,21)10-12)16-11-1-2-13(15-9-11)18-4-6-22-7-5-18/h1-2,9,12H,3-8,10H2,(H2,16,17,19)/t12-/m0/s1. The van der Waals surface area contributed by atoms with Crippen LogP contribution in [0.25, 0.3) is 0 Å². The highest BCUT2D eigenvalue weighted by Crippen LogP contribution is 2.16. The van der Waals surface area contributed by atoms with E-state index in [0.717, 1.165) is 18.9 Å². The Morgan fingerprint density at radius 2 is 2.09 bits per heavy atom. The van der Waals surface area contributed by atoms with Gasteiger partial charge in [0.05, 0.1) is 36.6 Å². The summed E-state index contributed by atoms with van der Waals surface area (Å²) in [6.07, 6.45) is 2.06. The number of carbonyl (C=O) groups is 1. The average Bonchev–Trinajstić information content (AvgIpc) is 2.87. The molecule has 3 rings (SSSR count). The van der Waals surface area contributed by atoms with E-state index in [1.807, 2.05) is 6.07 Å². The van der Waals surface area contributed by atoms with Gasteiger partial charge >= 0.3 is 6.03 Å². The smallest absolute Gasteiger partial charge is 0.319 e. The van der Waals surface area contributed by atoms with Crippen LogP contribution in [-0.2, 0) is 14.6 Å². The third-order valence-electron chi connectivity index (χ3n) is 3.91. The van der Waals surface area contributed by atoms with E-state index in [0.29, 0.717) is 25.3 Å². The Hall–Kier alpha value is -1.87. The summed E-state index contributed by atoms with van der Waals surface area (Å²) in [6, 6.07) is 2.90. The van der Waals surface area contributed by atoms with E-state index in [2.05, 4.69) is 20.5 Å². The number of amides is 2. The van der Waals surface area contributed by atoms with Gasteiger partial charge in [-0.25, -0.2) is 18.2 Å². The lowest BCUT2D eigenvalue weighted by Gasteiger charge is -2.27. The van der Waals surface area contributed by atoms with E-state index in [9.17, 15) is 13.2 Å². The van der Waals surface area contributed by atoms with Gasteiger partial charge in [-0.15, -0.1) is 0 Å². The molecular formula is C14H20N4O4S. The van der Waals surface area contributed by atoms with Crippen molar-refractivity contribution in [3.8, 4) is 0 Å². The van der Waals surface area contributed by atoms with Crippen molar-refractivity contribution >= 4 is 27.4 Å². The van der Waals surface area contributed by atoms with Gasteiger partial charge in [-0.05, 0) is 18.6 Å². The molecule has 0 spiro atoms. The number of anilines is 2. The number of sulfone groups is 1. The summed E-state index contributed by atoms with van der Waals surface area (Å²) >= 11 is 0. The molecule has 2 aliphatic heterocycles. The molecule has 2 fully saturated rings. The molecule has 3 heterocycles. The Balaban J connectivity index is 1.52. The van der Waals surface area contributed by atoms with Crippen LogP contribution >= 0.6 is 0 Å². The van der Waals surface area contributed by atoms with Gasteiger partial charge in [-0.2, -0.15) is 0 Å². The highest BCUT2D eigenvalue weighted by Gasteiger charge is 2.28. The largest absolute Gasteiger partial charge is 0.378 e. The maximum absolute atomic E-state index is 11.9. The summed E-state index contributed by atoms with van der Waals surface area (Å²) in [6.45, 7) is 2.98. The minimum absolute atomic E-state index is 0.00857. The molecule has 8 nitrogen and oxygen atoms in total. The molecule has 2 N–H and O–H groups in total. The molecule has 0 bridgehead atoms. The Labute approximate surface area is 135 Å². The van der Waals surface area contributed by atoms with Gasteiger partial charge in [0.25, 0.3) is 0 Å². The quantitative estimate of drug-likeness (QED) is 0.817. The number of hydrogen-bond acceptors (Lipinski definition) is 6. The SMILES string of the molecule is O=C(Nc1ccc(N2CCOCC2)nc1)N[C@H]1CCS(=O)(=O)C1. The number of morpholine rings is 1. The number of urea groups is 1. The van der Waals surface area contributed by atoms with Crippen molar-refractivity contribution in [3.63, 3.8) is 0 Å². The summed E-state index contributed by atoms with van der Waals surface area (Å²) in [5.74, 6) is 0.990. The summed E-state index contributed by atoms with van der Waals surface area (Å²) in [7, 11) is -3.00. The molecule has 126 valence electrons. The second-order valence-corrected chi connectivity index (χ2v) is 7.93. The van der Waals surface area contributed by atoms with Crippen molar-refractivity contribution in [2.45, 2.75) is 12.5 Å². The minimum atomic E-state index is -3.00. The molecule has 0 radical (unpaired) electrons. The van der Waals surface area contributed by atoms with Gasteiger partial charge in [0.1, 0.15) is 5.82 Å². The van der Waals surface area contributed by atoms with Crippen molar-refractivity contribution < 1.29 is 17.9 Å². The fourth-order valence-electron chi connectivity index (χ4n) is 2.70. The third-order valence-corrected chi connectivity index (χ3v) is 5.68. The number of hydrogen-bond donors (Lipinski definition) is 2. The van der Waals surface area contributed by atoms with E-state index >= 15 is 0 Å². The van der Waals surface area contributed by atoms with Crippen LogP contribution in [0.15, 0.2) is 18.3 Å². The van der Waals surface area contributed by atoms with Gasteiger partial charge in [0.2, 0.25) is 0 Å². The molecule has 0 aromatic carbocycles. The normalized spacial score (nSPS) is 23.5. The highest BCUT2D eigenvalue weighted by molar-refractivity contribution is 7.91. The first-order valence-corrected chi connectivity index (χ1v) is 9.41. The first kappa shape index (κ1) is 16.0. The topological polar surface area (TPSA) is 101 Å². The summed E-state index contributed by atoms with van der Waals surface area (Å²) in [5, 5.41) is 5.35. The van der Waals surface area contributed by atoms with E-state index in [1.54, 1.807) is 12.3 Å². The number of nitrogens with zero attached hydrogens (tertiary/aromatic N) is 2. The van der Waals surface area contributed by atoms with Crippen molar-refractivity contribution in [1.82, 2.24) is 10.3 Å². The summed E-state index contributed by atoms with van der Waals surface area (Å²) < 4.78 is 28.0. The van der Waals surface area contributed by atoms with E-state index < -0.39 is 15.9 Å². The molecule has 1 aromatic heterocycles. The van der Waals surface area contributed by atoms with Crippen LogP contribution in [0, 0.1) is 0 Å². The summed E-state index contributed by atoms with van der Waals surface area (Å²) in [5.41, 5.74) is 0.570. The predicted octanol–water partition coefficient (Wildman–Crippen LogP) is 0.227. The number of nitrogens with one attached hydrogen (secondary N) is 2. The number of ether oxygens (including phenoxy) is 1. The fraction of sp³-hybridized carbons (Fsp3) is 0.571. The van der Waals surface area contributed by atoms with Crippen molar-refractivity contribution in [2.24, 2.45) is 0 Å². The highest BCUT2D eigenvalue weighted by atomic mass is 32.2. The van der Waals surface area contributed by atoms with Crippen LogP contribution in [0.1, 0.15) is 6.42 Å². The van der Waals surface area contributed by atoms with Crippen molar-refractivity contribution in [1.29, 1.82) is 0 Å². The van der Waals surface area contributed by atoms with Gasteiger partial charge in [-0.1, -0.05) is 0 Å². The van der Waals surface area contributed by atoms with Crippen molar-refractivity contribution in [3.05, 3.63) is 18.3 Å². The lowest BCUT2D eigenvalue weighted by Crippen LogP contribution is -2.38. The molecule has 23 heavy (non-hydrogen) atoms. The van der Waals surface area contributed by atoms with Crippen LogP contribution in [0.5, 0.6) is 0 Å². The van der Waals surface area contributed by atoms with Crippen LogP contribution in [0.3, 0.4) is 0 Å². The minimum Gasteiger partial charge on any atom is -0.378 e. The molecule has 0 aliphatic carbocycles. The molecule has 1 aromatic rings. The van der Waals surface area contributed by atoms with Crippen molar-refractivity contribution in [2.75, 3.05) is 48.0 Å². The fourth-order valence-corrected chi connectivity index (χ4v) is 4.37. The average molecular weight is 340 g/mol. The molecular weight excluding hydrogens is 320 g/mol. The maximum Gasteiger partial charge on any atom is 0.319 e. The Bertz CT molecular complexity index is 656. The van der Waals surface area contributed by atoms with E-state index in [-0.39, 0.29) is 17.5 Å². The summed E-state index contributed by atoms with van der Waals surface area (Å²) in [4.78, 5) is 18.4. The molecule has 2 amide bonds. The molecule has 0 unspecified atom stereocenters. The Kier molecular flexibility index (Phi) is 4.67. The van der Waals surface area contributed by atoms with Gasteiger partial charge in [0, 0.05) is 19.1 Å². The van der Waals surface area contributed by atoms with Gasteiger partial charge < -0.3 is 20.3 Å². The predicted molar refractivity (Wildman–Crippen MR) is 86.5 cm³/mol. The van der Waals surface area contributed by atoms with E-state index in [1.165, 1.54) is 0 Å². The van der Waals surface area contributed by atoms with Crippen LogP contribution in [0.4, 0.5) is 16.3 Å². The first-order chi connectivity index (χ1) is 11.0. The van der Waals surface area contributed by atoms with Gasteiger partial charge in [-0.3, -0.25) is 0 Å². The van der Waals surface area contributed by atoms with Crippen LogP contribution in [0.2, 0.25) is 0 Å². The van der Waals surface area contributed by atoms with E-state index in [4.69, 9.17) is 4.74 Å². The number of rotatable bonds is 3. The van der Waals surface area contributed by atoms with Crippen LogP contribution in [-0.4, -0.2) is 63.3 Å². The zero-order chi connectivity index (χ0) is 16.3. The maximum atomic E-state index is 11.9. The molecule has 2 saturated heterocycles.